The Morgan fingerprint density at radius 1 is 0.962 bits per heavy atom. The SMILES string of the molecule is Cn1cccc1C(=O)C(C=Nc1ccccc1)C(=O)Nc1ccccc1. The largest absolute Gasteiger partial charge is 0.348 e. The Labute approximate surface area is 152 Å². The van der Waals surface area contributed by atoms with Gasteiger partial charge in [-0.3, -0.25) is 14.6 Å². The van der Waals surface area contributed by atoms with Gasteiger partial charge in [-0.05, 0) is 36.4 Å². The van der Waals surface area contributed by atoms with E-state index in [4.69, 9.17) is 0 Å². The fraction of sp³-hybridized carbons (Fsp3) is 0.0952. The van der Waals surface area contributed by atoms with Crippen molar-refractivity contribution in [1.82, 2.24) is 4.57 Å². The molecule has 2 aromatic carbocycles. The number of benzene rings is 2. The topological polar surface area (TPSA) is 63.5 Å². The van der Waals surface area contributed by atoms with Crippen molar-refractivity contribution >= 4 is 29.3 Å². The Bertz CT molecular complexity index is 915. The van der Waals surface area contributed by atoms with Gasteiger partial charge in [0.2, 0.25) is 5.91 Å². The van der Waals surface area contributed by atoms with Crippen LogP contribution in [0.4, 0.5) is 11.4 Å². The van der Waals surface area contributed by atoms with Crippen LogP contribution in [0.15, 0.2) is 84.0 Å². The van der Waals surface area contributed by atoms with Crippen molar-refractivity contribution in [3.05, 3.63) is 84.7 Å². The van der Waals surface area contributed by atoms with Crippen LogP contribution in [0, 0.1) is 5.92 Å². The highest BCUT2D eigenvalue weighted by Crippen LogP contribution is 2.15. The number of para-hydroxylation sites is 2. The van der Waals surface area contributed by atoms with E-state index < -0.39 is 11.8 Å². The number of nitrogens with zero attached hydrogens (tertiary/aromatic N) is 2. The summed E-state index contributed by atoms with van der Waals surface area (Å²) < 4.78 is 1.70. The standard InChI is InChI=1S/C21H19N3O2/c1-24-14-8-13-19(24)20(25)18(15-22-16-9-4-2-5-10-16)21(26)23-17-11-6-3-7-12-17/h2-15,18H,1H3,(H,23,26). The highest BCUT2D eigenvalue weighted by molar-refractivity contribution is 6.22. The quantitative estimate of drug-likeness (QED) is 0.419. The average molecular weight is 345 g/mol. The maximum Gasteiger partial charge on any atom is 0.240 e. The van der Waals surface area contributed by atoms with E-state index in [9.17, 15) is 9.59 Å². The monoisotopic (exact) mass is 345 g/mol. The van der Waals surface area contributed by atoms with Crippen LogP contribution in [0.3, 0.4) is 0 Å². The minimum absolute atomic E-state index is 0.300. The number of amides is 1. The van der Waals surface area contributed by atoms with E-state index >= 15 is 0 Å². The summed E-state index contributed by atoms with van der Waals surface area (Å²) in [6.45, 7) is 0. The van der Waals surface area contributed by atoms with Crippen molar-refractivity contribution in [2.75, 3.05) is 5.32 Å². The third-order valence-electron chi connectivity index (χ3n) is 3.93. The molecule has 26 heavy (non-hydrogen) atoms. The molecule has 0 fully saturated rings. The molecule has 0 aliphatic rings. The van der Waals surface area contributed by atoms with Crippen molar-refractivity contribution < 1.29 is 9.59 Å². The molecular weight excluding hydrogens is 326 g/mol. The zero-order valence-corrected chi connectivity index (χ0v) is 14.4. The Hall–Kier alpha value is -3.47. The first-order chi connectivity index (χ1) is 12.6. The fourth-order valence-corrected chi connectivity index (χ4v) is 2.55. The van der Waals surface area contributed by atoms with Gasteiger partial charge in [-0.25, -0.2) is 0 Å². The van der Waals surface area contributed by atoms with Crippen LogP contribution in [0.5, 0.6) is 0 Å². The van der Waals surface area contributed by atoms with Gasteiger partial charge < -0.3 is 9.88 Å². The molecule has 0 aliphatic carbocycles. The van der Waals surface area contributed by atoms with E-state index in [2.05, 4.69) is 10.3 Å². The van der Waals surface area contributed by atoms with E-state index in [1.54, 1.807) is 42.1 Å². The number of carbonyl (C=O) groups excluding carboxylic acids is 2. The molecular formula is C21H19N3O2. The zero-order chi connectivity index (χ0) is 18.4. The van der Waals surface area contributed by atoms with Crippen LogP contribution in [-0.4, -0.2) is 22.5 Å². The van der Waals surface area contributed by atoms with E-state index in [0.717, 1.165) is 0 Å². The zero-order valence-electron chi connectivity index (χ0n) is 14.4. The Morgan fingerprint density at radius 3 is 2.23 bits per heavy atom. The molecule has 1 heterocycles. The number of rotatable bonds is 6. The molecule has 5 heteroatoms. The van der Waals surface area contributed by atoms with Gasteiger partial charge in [0.15, 0.2) is 5.78 Å². The molecule has 5 nitrogen and oxygen atoms in total. The van der Waals surface area contributed by atoms with Crippen molar-refractivity contribution in [3.8, 4) is 0 Å². The van der Waals surface area contributed by atoms with Gasteiger partial charge in [-0.15, -0.1) is 0 Å². The average Bonchev–Trinajstić information content (AvgIpc) is 3.09. The lowest BCUT2D eigenvalue weighted by Gasteiger charge is -2.13. The van der Waals surface area contributed by atoms with Gasteiger partial charge in [0.25, 0.3) is 0 Å². The second kappa shape index (κ2) is 8.07. The molecule has 0 radical (unpaired) electrons. The molecule has 1 unspecified atom stereocenters. The predicted octanol–water partition coefficient (Wildman–Crippen LogP) is 3.87. The van der Waals surface area contributed by atoms with Gasteiger partial charge in [-0.2, -0.15) is 0 Å². The fourth-order valence-electron chi connectivity index (χ4n) is 2.55. The lowest BCUT2D eigenvalue weighted by molar-refractivity contribution is -0.116. The highest BCUT2D eigenvalue weighted by Gasteiger charge is 2.27. The number of Topliss-reactive ketones (excluding diaryl/α,β-unsaturated/α-hetero) is 1. The molecule has 1 amide bonds. The van der Waals surface area contributed by atoms with Crippen LogP contribution in [0.25, 0.3) is 0 Å². The molecule has 0 bridgehead atoms. The van der Waals surface area contributed by atoms with E-state index in [0.29, 0.717) is 17.1 Å². The lowest BCUT2D eigenvalue weighted by atomic mass is 10.0. The summed E-state index contributed by atoms with van der Waals surface area (Å²) in [6.07, 6.45) is 3.18. The van der Waals surface area contributed by atoms with Crippen molar-refractivity contribution in [1.29, 1.82) is 0 Å². The number of hydrogen-bond donors (Lipinski definition) is 1. The summed E-state index contributed by atoms with van der Waals surface area (Å²) in [4.78, 5) is 30.0. The van der Waals surface area contributed by atoms with Crippen molar-refractivity contribution in [3.63, 3.8) is 0 Å². The molecule has 0 saturated carbocycles. The van der Waals surface area contributed by atoms with Crippen LogP contribution in [0.2, 0.25) is 0 Å². The Morgan fingerprint density at radius 2 is 1.62 bits per heavy atom. The van der Waals surface area contributed by atoms with Crippen LogP contribution in [0.1, 0.15) is 10.5 Å². The lowest BCUT2D eigenvalue weighted by Crippen LogP contribution is -2.32. The number of carbonyl (C=O) groups is 2. The van der Waals surface area contributed by atoms with Crippen LogP contribution < -0.4 is 5.32 Å². The van der Waals surface area contributed by atoms with E-state index in [1.807, 2.05) is 48.5 Å². The van der Waals surface area contributed by atoms with Crippen LogP contribution >= 0.6 is 0 Å². The molecule has 0 aliphatic heterocycles. The molecule has 1 N–H and O–H groups in total. The Balaban J connectivity index is 1.88. The van der Waals surface area contributed by atoms with Gasteiger partial charge in [0, 0.05) is 25.1 Å². The first-order valence-electron chi connectivity index (χ1n) is 8.26. The number of ketones is 1. The van der Waals surface area contributed by atoms with Gasteiger partial charge >= 0.3 is 0 Å². The summed E-state index contributed by atoms with van der Waals surface area (Å²) in [5.74, 6) is -1.74. The second-order valence-corrected chi connectivity index (χ2v) is 5.82. The normalized spacial score (nSPS) is 12.0. The van der Waals surface area contributed by atoms with E-state index in [1.165, 1.54) is 6.21 Å². The maximum atomic E-state index is 12.9. The number of nitrogens with one attached hydrogen (secondary N) is 1. The maximum absolute atomic E-state index is 12.9. The third-order valence-corrected chi connectivity index (χ3v) is 3.93. The van der Waals surface area contributed by atoms with Crippen molar-refractivity contribution in [2.24, 2.45) is 18.0 Å². The number of hydrogen-bond acceptors (Lipinski definition) is 3. The van der Waals surface area contributed by atoms with Gasteiger partial charge in [0.1, 0.15) is 5.92 Å². The minimum Gasteiger partial charge on any atom is -0.348 e. The number of anilines is 1. The van der Waals surface area contributed by atoms with Crippen molar-refractivity contribution in [2.45, 2.75) is 0 Å². The smallest absolute Gasteiger partial charge is 0.240 e. The predicted molar refractivity (Wildman–Crippen MR) is 103 cm³/mol. The van der Waals surface area contributed by atoms with E-state index in [-0.39, 0.29) is 5.78 Å². The molecule has 0 saturated heterocycles. The Kier molecular flexibility index (Phi) is 5.39. The highest BCUT2D eigenvalue weighted by atomic mass is 16.2. The second-order valence-electron chi connectivity index (χ2n) is 5.82. The number of aliphatic imine (C=N–C) groups is 1. The first kappa shape index (κ1) is 17.4. The summed E-state index contributed by atoms with van der Waals surface area (Å²) in [5, 5.41) is 2.78. The van der Waals surface area contributed by atoms with Gasteiger partial charge in [-0.1, -0.05) is 36.4 Å². The van der Waals surface area contributed by atoms with Crippen LogP contribution in [-0.2, 0) is 11.8 Å². The first-order valence-corrected chi connectivity index (χ1v) is 8.26. The third kappa shape index (κ3) is 4.13. The van der Waals surface area contributed by atoms with Gasteiger partial charge in [0.05, 0.1) is 11.4 Å². The molecule has 130 valence electrons. The summed E-state index contributed by atoms with van der Waals surface area (Å²) in [5.41, 5.74) is 1.78. The summed E-state index contributed by atoms with van der Waals surface area (Å²) in [7, 11) is 1.77. The summed E-state index contributed by atoms with van der Waals surface area (Å²) in [6, 6.07) is 21.7. The number of aromatic nitrogens is 1. The molecule has 3 aromatic rings. The molecule has 0 spiro atoms. The summed E-state index contributed by atoms with van der Waals surface area (Å²) >= 11 is 0. The molecule has 1 atom stereocenters. The molecule has 1 aromatic heterocycles. The number of aryl methyl sites for hydroxylation is 1. The molecule has 3 rings (SSSR count). The minimum atomic E-state index is -1.02.